The Kier molecular flexibility index (Phi) is 4.88. The van der Waals surface area contributed by atoms with E-state index in [2.05, 4.69) is 10.4 Å². The number of amides is 1. The third-order valence-corrected chi connectivity index (χ3v) is 2.64. The van der Waals surface area contributed by atoms with Crippen LogP contribution in [0.4, 0.5) is 0 Å². The lowest BCUT2D eigenvalue weighted by molar-refractivity contribution is -0.137. The SMILES string of the molecule is Cc1cc(C(=O)NC(C)CCCC(=O)O)n(C)n1. The van der Waals surface area contributed by atoms with E-state index in [1.807, 2.05) is 13.8 Å². The van der Waals surface area contributed by atoms with Crippen LogP contribution >= 0.6 is 0 Å². The number of aryl methyl sites for hydroxylation is 2. The molecule has 2 N–H and O–H groups in total. The minimum absolute atomic E-state index is 0.0490. The Hall–Kier alpha value is -1.85. The van der Waals surface area contributed by atoms with Crippen molar-refractivity contribution in [1.82, 2.24) is 15.1 Å². The van der Waals surface area contributed by atoms with Gasteiger partial charge in [-0.3, -0.25) is 14.3 Å². The van der Waals surface area contributed by atoms with E-state index in [9.17, 15) is 9.59 Å². The van der Waals surface area contributed by atoms with Gasteiger partial charge in [-0.05, 0) is 32.8 Å². The van der Waals surface area contributed by atoms with Gasteiger partial charge in [-0.15, -0.1) is 0 Å². The average molecular weight is 253 g/mol. The van der Waals surface area contributed by atoms with Crippen molar-refractivity contribution in [1.29, 1.82) is 0 Å². The molecule has 0 aromatic carbocycles. The molecule has 1 heterocycles. The summed E-state index contributed by atoms with van der Waals surface area (Å²) in [4.78, 5) is 22.3. The van der Waals surface area contributed by atoms with Gasteiger partial charge >= 0.3 is 5.97 Å². The van der Waals surface area contributed by atoms with Crippen molar-refractivity contribution in [2.45, 2.75) is 39.2 Å². The number of nitrogens with one attached hydrogen (secondary N) is 1. The van der Waals surface area contributed by atoms with E-state index in [4.69, 9.17) is 5.11 Å². The number of aromatic nitrogens is 2. The molecule has 1 aromatic rings. The lowest BCUT2D eigenvalue weighted by Crippen LogP contribution is -2.33. The summed E-state index contributed by atoms with van der Waals surface area (Å²) in [6, 6.07) is 1.67. The van der Waals surface area contributed by atoms with Gasteiger partial charge in [0.15, 0.2) is 0 Å². The standard InChI is InChI=1S/C12H19N3O3/c1-8(5-4-6-11(16)17)13-12(18)10-7-9(2)14-15(10)3/h7-8H,4-6H2,1-3H3,(H,13,18)(H,16,17). The fourth-order valence-corrected chi connectivity index (χ4v) is 1.75. The summed E-state index contributed by atoms with van der Waals surface area (Å²) in [6.45, 7) is 3.69. The monoisotopic (exact) mass is 253 g/mol. The molecule has 6 nitrogen and oxygen atoms in total. The summed E-state index contributed by atoms with van der Waals surface area (Å²) in [5.41, 5.74) is 1.30. The van der Waals surface area contributed by atoms with Crippen LogP contribution in [0.25, 0.3) is 0 Å². The van der Waals surface area contributed by atoms with Crippen LogP contribution in [0, 0.1) is 6.92 Å². The average Bonchev–Trinajstić information content (AvgIpc) is 2.57. The van der Waals surface area contributed by atoms with Crippen LogP contribution in [-0.2, 0) is 11.8 Å². The highest BCUT2D eigenvalue weighted by molar-refractivity contribution is 5.92. The molecule has 1 unspecified atom stereocenters. The molecular formula is C12H19N3O3. The molecule has 100 valence electrons. The summed E-state index contributed by atoms with van der Waals surface area (Å²) >= 11 is 0. The van der Waals surface area contributed by atoms with Crippen molar-refractivity contribution >= 4 is 11.9 Å². The largest absolute Gasteiger partial charge is 0.481 e. The van der Waals surface area contributed by atoms with Crippen LogP contribution in [0.1, 0.15) is 42.4 Å². The molecule has 18 heavy (non-hydrogen) atoms. The second kappa shape index (κ2) is 6.18. The third-order valence-electron chi connectivity index (χ3n) is 2.64. The Labute approximate surface area is 106 Å². The van der Waals surface area contributed by atoms with Gasteiger partial charge in [0.1, 0.15) is 5.69 Å². The lowest BCUT2D eigenvalue weighted by atomic mass is 10.1. The van der Waals surface area contributed by atoms with E-state index in [1.165, 1.54) is 4.68 Å². The highest BCUT2D eigenvalue weighted by Crippen LogP contribution is 2.05. The second-order valence-corrected chi connectivity index (χ2v) is 4.46. The van der Waals surface area contributed by atoms with E-state index in [0.29, 0.717) is 18.5 Å². The number of hydrogen-bond acceptors (Lipinski definition) is 3. The minimum Gasteiger partial charge on any atom is -0.481 e. The molecule has 0 saturated carbocycles. The van der Waals surface area contributed by atoms with Crippen LogP contribution < -0.4 is 5.32 Å². The first kappa shape index (κ1) is 14.2. The molecule has 1 rings (SSSR count). The van der Waals surface area contributed by atoms with Crippen molar-refractivity contribution in [3.8, 4) is 0 Å². The van der Waals surface area contributed by atoms with E-state index >= 15 is 0 Å². The van der Waals surface area contributed by atoms with Crippen LogP contribution in [0.15, 0.2) is 6.07 Å². The number of carboxylic acid groups (broad SMARTS) is 1. The van der Waals surface area contributed by atoms with E-state index in [-0.39, 0.29) is 18.4 Å². The molecule has 6 heteroatoms. The minimum atomic E-state index is -0.809. The van der Waals surface area contributed by atoms with Gasteiger partial charge in [-0.2, -0.15) is 5.10 Å². The fourth-order valence-electron chi connectivity index (χ4n) is 1.75. The Morgan fingerprint density at radius 2 is 2.22 bits per heavy atom. The second-order valence-electron chi connectivity index (χ2n) is 4.46. The topological polar surface area (TPSA) is 84.2 Å². The smallest absolute Gasteiger partial charge is 0.303 e. The number of nitrogens with zero attached hydrogens (tertiary/aromatic N) is 2. The predicted molar refractivity (Wildman–Crippen MR) is 66.4 cm³/mol. The van der Waals surface area contributed by atoms with E-state index in [1.54, 1.807) is 13.1 Å². The normalized spacial score (nSPS) is 12.2. The predicted octanol–water partition coefficient (Wildman–Crippen LogP) is 1.10. The van der Waals surface area contributed by atoms with Gasteiger partial charge in [0, 0.05) is 19.5 Å². The summed E-state index contributed by atoms with van der Waals surface area (Å²) in [5, 5.41) is 15.5. The molecule has 1 atom stereocenters. The first-order chi connectivity index (χ1) is 8.40. The molecule has 0 aliphatic rings. The Morgan fingerprint density at radius 1 is 1.56 bits per heavy atom. The van der Waals surface area contributed by atoms with Crippen molar-refractivity contribution in [2.24, 2.45) is 7.05 Å². The zero-order valence-electron chi connectivity index (χ0n) is 10.9. The Bertz CT molecular complexity index is 440. The highest BCUT2D eigenvalue weighted by Gasteiger charge is 2.14. The summed E-state index contributed by atoms with van der Waals surface area (Å²) in [6.07, 6.45) is 1.33. The quantitative estimate of drug-likeness (QED) is 0.795. The van der Waals surface area contributed by atoms with Crippen LogP contribution in [-0.4, -0.2) is 32.8 Å². The van der Waals surface area contributed by atoms with Gasteiger partial charge in [0.05, 0.1) is 5.69 Å². The van der Waals surface area contributed by atoms with Gasteiger partial charge < -0.3 is 10.4 Å². The van der Waals surface area contributed by atoms with Crippen LogP contribution in [0.5, 0.6) is 0 Å². The third kappa shape index (κ3) is 4.20. The molecular weight excluding hydrogens is 234 g/mol. The molecule has 0 spiro atoms. The number of aliphatic carboxylic acids is 1. The maximum absolute atomic E-state index is 11.9. The van der Waals surface area contributed by atoms with Crippen LogP contribution in [0.2, 0.25) is 0 Å². The molecule has 1 amide bonds. The Balaban J connectivity index is 2.44. The van der Waals surface area contributed by atoms with Crippen LogP contribution in [0.3, 0.4) is 0 Å². The highest BCUT2D eigenvalue weighted by atomic mass is 16.4. The molecule has 0 saturated heterocycles. The molecule has 0 fully saturated rings. The van der Waals surface area contributed by atoms with Crippen molar-refractivity contribution < 1.29 is 14.7 Å². The summed E-state index contributed by atoms with van der Waals surface area (Å²) in [5.74, 6) is -0.989. The van der Waals surface area contributed by atoms with E-state index in [0.717, 1.165) is 5.69 Å². The molecule has 0 aliphatic carbocycles. The zero-order valence-corrected chi connectivity index (χ0v) is 10.9. The maximum atomic E-state index is 11.9. The van der Waals surface area contributed by atoms with Gasteiger partial charge in [-0.25, -0.2) is 0 Å². The molecule has 1 aromatic heterocycles. The van der Waals surface area contributed by atoms with Gasteiger partial charge in [0.2, 0.25) is 0 Å². The number of rotatable bonds is 6. The zero-order chi connectivity index (χ0) is 13.7. The number of hydrogen-bond donors (Lipinski definition) is 2. The number of carboxylic acids is 1. The van der Waals surface area contributed by atoms with Gasteiger partial charge in [0.25, 0.3) is 5.91 Å². The van der Waals surface area contributed by atoms with Crippen molar-refractivity contribution in [3.05, 3.63) is 17.5 Å². The van der Waals surface area contributed by atoms with Crippen molar-refractivity contribution in [2.75, 3.05) is 0 Å². The van der Waals surface area contributed by atoms with E-state index < -0.39 is 5.97 Å². The maximum Gasteiger partial charge on any atom is 0.303 e. The molecule has 0 bridgehead atoms. The first-order valence-electron chi connectivity index (χ1n) is 5.93. The Morgan fingerprint density at radius 3 is 2.72 bits per heavy atom. The number of carbonyl (C=O) groups excluding carboxylic acids is 1. The molecule has 0 aliphatic heterocycles. The first-order valence-corrected chi connectivity index (χ1v) is 5.93. The van der Waals surface area contributed by atoms with Crippen molar-refractivity contribution in [3.63, 3.8) is 0 Å². The summed E-state index contributed by atoms with van der Waals surface area (Å²) < 4.78 is 1.54. The number of carbonyl (C=O) groups is 2. The fraction of sp³-hybridized carbons (Fsp3) is 0.583. The van der Waals surface area contributed by atoms with Gasteiger partial charge in [-0.1, -0.05) is 0 Å². The molecule has 0 radical (unpaired) electrons. The lowest BCUT2D eigenvalue weighted by Gasteiger charge is -2.13. The summed E-state index contributed by atoms with van der Waals surface area (Å²) in [7, 11) is 1.72.